The summed E-state index contributed by atoms with van der Waals surface area (Å²) in [7, 11) is -3.92. The first kappa shape index (κ1) is 23.0. The number of sulfonamides is 1. The second-order valence-corrected chi connectivity index (χ2v) is 10.2. The lowest BCUT2D eigenvalue weighted by Gasteiger charge is -2.35. The number of hydrogen-bond donors (Lipinski definition) is 0. The number of carbonyl (C=O) groups excluding carboxylic acids is 1. The van der Waals surface area contributed by atoms with Crippen LogP contribution in [0.25, 0.3) is 0 Å². The molecule has 32 heavy (non-hydrogen) atoms. The van der Waals surface area contributed by atoms with Crippen molar-refractivity contribution in [3.63, 3.8) is 0 Å². The quantitative estimate of drug-likeness (QED) is 0.626. The number of benzene rings is 1. The molecule has 174 valence electrons. The summed E-state index contributed by atoms with van der Waals surface area (Å²) < 4.78 is 35.4. The maximum atomic E-state index is 13.5. The maximum Gasteiger partial charge on any atom is 0.263 e. The molecule has 2 aromatic rings. The first-order chi connectivity index (χ1) is 15.4. The lowest BCUT2D eigenvalue weighted by Crippen LogP contribution is -2.49. The first-order valence-electron chi connectivity index (χ1n) is 10.9. The van der Waals surface area contributed by atoms with Crippen LogP contribution in [-0.4, -0.2) is 85.8 Å². The number of carbonyl (C=O) groups is 1. The molecule has 2 aliphatic rings. The summed E-state index contributed by atoms with van der Waals surface area (Å²) in [6, 6.07) is 7.52. The smallest absolute Gasteiger partial charge is 0.263 e. The fourth-order valence-electron chi connectivity index (χ4n) is 4.00. The lowest BCUT2D eigenvalue weighted by molar-refractivity contribution is 0.0300. The molecule has 1 aromatic carbocycles. The molecule has 0 radical (unpaired) electrons. The van der Waals surface area contributed by atoms with E-state index in [1.807, 2.05) is 31.2 Å². The van der Waals surface area contributed by atoms with E-state index >= 15 is 0 Å². The third-order valence-electron chi connectivity index (χ3n) is 5.71. The van der Waals surface area contributed by atoms with Crippen LogP contribution in [0.5, 0.6) is 0 Å². The number of aromatic nitrogens is 2. The zero-order valence-electron chi connectivity index (χ0n) is 18.1. The van der Waals surface area contributed by atoms with Crippen LogP contribution in [-0.2, 0) is 21.3 Å². The third kappa shape index (κ3) is 4.78. The van der Waals surface area contributed by atoms with Crippen molar-refractivity contribution in [3.8, 4) is 0 Å². The van der Waals surface area contributed by atoms with Gasteiger partial charge in [-0.3, -0.25) is 9.48 Å². The fourth-order valence-corrected chi connectivity index (χ4v) is 5.70. The molecule has 0 spiro atoms. The predicted molar refractivity (Wildman–Crippen MR) is 122 cm³/mol. The van der Waals surface area contributed by atoms with Gasteiger partial charge in [0.25, 0.3) is 15.9 Å². The van der Waals surface area contributed by atoms with Gasteiger partial charge in [-0.15, -0.1) is 0 Å². The molecule has 1 amide bonds. The highest BCUT2D eigenvalue weighted by molar-refractivity contribution is 7.89. The van der Waals surface area contributed by atoms with Gasteiger partial charge < -0.3 is 14.5 Å². The molecular formula is C21H28ClN5O4S. The number of hydrogen-bond acceptors (Lipinski definition) is 6. The van der Waals surface area contributed by atoms with Crippen molar-refractivity contribution in [2.75, 3.05) is 57.4 Å². The molecule has 2 aliphatic heterocycles. The average molecular weight is 482 g/mol. The summed E-state index contributed by atoms with van der Waals surface area (Å²) in [6.07, 6.45) is 2.35. The van der Waals surface area contributed by atoms with Crippen molar-refractivity contribution in [3.05, 3.63) is 41.0 Å². The number of aryl methyl sites for hydroxylation is 1. The number of morpholine rings is 1. The lowest BCUT2D eigenvalue weighted by atomic mass is 10.2. The Kier molecular flexibility index (Phi) is 7.04. The summed E-state index contributed by atoms with van der Waals surface area (Å²) >= 11 is 6.10. The number of rotatable bonds is 6. The summed E-state index contributed by atoms with van der Waals surface area (Å²) in [6.45, 7) is 5.97. The van der Waals surface area contributed by atoms with E-state index in [4.69, 9.17) is 16.3 Å². The Bertz CT molecular complexity index is 1060. The van der Waals surface area contributed by atoms with Crippen LogP contribution in [0.2, 0.25) is 5.02 Å². The SMILES string of the molecule is CCCn1cc(C(=O)N2CCOCC2)c(S(=O)(=O)N2CCN(c3cccc(Cl)c3)CC2)n1. The van der Waals surface area contributed by atoms with Gasteiger partial charge in [-0.2, -0.15) is 9.40 Å². The van der Waals surface area contributed by atoms with Gasteiger partial charge in [0.2, 0.25) is 5.03 Å². The van der Waals surface area contributed by atoms with E-state index in [1.54, 1.807) is 15.8 Å². The van der Waals surface area contributed by atoms with Crippen molar-refractivity contribution in [2.45, 2.75) is 24.9 Å². The number of amides is 1. The van der Waals surface area contributed by atoms with E-state index in [0.717, 1.165) is 12.1 Å². The van der Waals surface area contributed by atoms with Crippen molar-refractivity contribution >= 4 is 33.2 Å². The van der Waals surface area contributed by atoms with Crippen LogP contribution in [0.4, 0.5) is 5.69 Å². The van der Waals surface area contributed by atoms with E-state index < -0.39 is 10.0 Å². The minimum absolute atomic E-state index is 0.137. The van der Waals surface area contributed by atoms with E-state index in [-0.39, 0.29) is 16.5 Å². The second-order valence-electron chi connectivity index (χ2n) is 7.89. The van der Waals surface area contributed by atoms with Gasteiger partial charge in [-0.25, -0.2) is 8.42 Å². The van der Waals surface area contributed by atoms with Gasteiger partial charge in [0.15, 0.2) is 0 Å². The Balaban J connectivity index is 1.56. The minimum atomic E-state index is -3.92. The van der Waals surface area contributed by atoms with E-state index in [9.17, 15) is 13.2 Å². The molecule has 0 N–H and O–H groups in total. The van der Waals surface area contributed by atoms with Crippen molar-refractivity contribution < 1.29 is 17.9 Å². The highest BCUT2D eigenvalue weighted by Gasteiger charge is 2.36. The first-order valence-corrected chi connectivity index (χ1v) is 12.7. The van der Waals surface area contributed by atoms with Crippen LogP contribution in [0.1, 0.15) is 23.7 Å². The van der Waals surface area contributed by atoms with Gasteiger partial charge in [-0.05, 0) is 24.6 Å². The Morgan fingerprint density at radius 2 is 1.84 bits per heavy atom. The van der Waals surface area contributed by atoms with Gasteiger partial charge in [0.1, 0.15) is 0 Å². The highest BCUT2D eigenvalue weighted by Crippen LogP contribution is 2.25. The molecule has 1 aromatic heterocycles. The number of nitrogens with zero attached hydrogens (tertiary/aromatic N) is 5. The minimum Gasteiger partial charge on any atom is -0.378 e. The monoisotopic (exact) mass is 481 g/mol. The topological polar surface area (TPSA) is 88.0 Å². The van der Waals surface area contributed by atoms with E-state index in [2.05, 4.69) is 10.00 Å². The van der Waals surface area contributed by atoms with E-state index in [0.29, 0.717) is 64.0 Å². The molecule has 0 bridgehead atoms. The Morgan fingerprint density at radius 1 is 1.12 bits per heavy atom. The Labute approximate surface area is 193 Å². The Morgan fingerprint density at radius 3 is 2.50 bits per heavy atom. The zero-order chi connectivity index (χ0) is 22.7. The van der Waals surface area contributed by atoms with Gasteiger partial charge in [0.05, 0.1) is 18.8 Å². The van der Waals surface area contributed by atoms with Crippen LogP contribution in [0.3, 0.4) is 0 Å². The van der Waals surface area contributed by atoms with Crippen molar-refractivity contribution in [2.24, 2.45) is 0 Å². The molecule has 9 nitrogen and oxygen atoms in total. The maximum absolute atomic E-state index is 13.5. The summed E-state index contributed by atoms with van der Waals surface area (Å²) in [4.78, 5) is 16.9. The summed E-state index contributed by atoms with van der Waals surface area (Å²) in [5.74, 6) is -0.313. The van der Waals surface area contributed by atoms with Crippen LogP contribution in [0, 0.1) is 0 Å². The van der Waals surface area contributed by atoms with Crippen molar-refractivity contribution in [1.82, 2.24) is 19.0 Å². The zero-order valence-corrected chi connectivity index (χ0v) is 19.7. The standard InChI is InChI=1S/C21H28ClN5O4S/c1-2-6-26-16-19(21(28)25-11-13-31-14-12-25)20(23-26)32(29,30)27-9-7-24(8-10-27)18-5-3-4-17(22)15-18/h3-5,15-16H,2,6-14H2,1H3. The number of piperazine rings is 1. The number of halogens is 1. The van der Waals surface area contributed by atoms with Gasteiger partial charge in [-0.1, -0.05) is 24.6 Å². The summed E-state index contributed by atoms with van der Waals surface area (Å²) in [5, 5.41) is 4.82. The summed E-state index contributed by atoms with van der Waals surface area (Å²) in [5.41, 5.74) is 1.10. The van der Waals surface area contributed by atoms with Crippen molar-refractivity contribution in [1.29, 1.82) is 0 Å². The molecule has 0 unspecified atom stereocenters. The van der Waals surface area contributed by atoms with Gasteiger partial charge >= 0.3 is 0 Å². The van der Waals surface area contributed by atoms with Crippen LogP contribution in [0.15, 0.2) is 35.5 Å². The molecule has 0 atom stereocenters. The Hall–Kier alpha value is -2.14. The molecule has 0 aliphatic carbocycles. The van der Waals surface area contributed by atoms with Gasteiger partial charge in [0, 0.05) is 62.7 Å². The molecule has 2 saturated heterocycles. The molecule has 4 rings (SSSR count). The number of ether oxygens (including phenoxy) is 1. The molecule has 0 saturated carbocycles. The van der Waals surface area contributed by atoms with Crippen LogP contribution >= 0.6 is 11.6 Å². The predicted octanol–water partition coefficient (Wildman–Crippen LogP) is 1.93. The third-order valence-corrected chi connectivity index (χ3v) is 7.78. The fraction of sp³-hybridized carbons (Fsp3) is 0.524. The molecule has 2 fully saturated rings. The highest BCUT2D eigenvalue weighted by atomic mass is 35.5. The average Bonchev–Trinajstić information content (AvgIpc) is 3.24. The molecular weight excluding hydrogens is 454 g/mol. The molecule has 3 heterocycles. The normalized spacial score (nSPS) is 18.2. The van der Waals surface area contributed by atoms with E-state index in [1.165, 1.54) is 4.31 Å². The molecule has 11 heteroatoms. The number of anilines is 1. The largest absolute Gasteiger partial charge is 0.378 e. The second kappa shape index (κ2) is 9.78. The van der Waals surface area contributed by atoms with Crippen LogP contribution < -0.4 is 4.90 Å².